The van der Waals surface area contributed by atoms with E-state index in [4.69, 9.17) is 9.47 Å². The van der Waals surface area contributed by atoms with Crippen LogP contribution in [0.1, 0.15) is 48.8 Å². The molecule has 2 aromatic rings. The molecule has 4 rings (SSSR count). The van der Waals surface area contributed by atoms with E-state index < -0.39 is 0 Å². The number of benzene rings is 1. The van der Waals surface area contributed by atoms with Gasteiger partial charge in [-0.3, -0.25) is 9.48 Å². The third-order valence-corrected chi connectivity index (χ3v) is 5.70. The standard InChI is InChI=1S/C22H29N3O3/c1-3-8-17-13-20(24(2)23-17)21(26)25-12-7-11-22(16-25)14-19(15-27-22)28-18-9-5-4-6-10-18/h4-6,9-10,13,19H,3,7-8,11-12,14-16H2,1-2H3/t19-,22-/m1/s1. The third kappa shape index (κ3) is 3.92. The van der Waals surface area contributed by atoms with Crippen LogP contribution in [0.4, 0.5) is 0 Å². The van der Waals surface area contributed by atoms with Crippen molar-refractivity contribution in [3.05, 3.63) is 47.8 Å². The molecule has 1 aromatic heterocycles. The summed E-state index contributed by atoms with van der Waals surface area (Å²) in [5.74, 6) is 0.919. The van der Waals surface area contributed by atoms with E-state index in [1.165, 1.54) is 0 Å². The van der Waals surface area contributed by atoms with Gasteiger partial charge in [0, 0.05) is 20.0 Å². The molecule has 6 nitrogen and oxygen atoms in total. The zero-order valence-corrected chi connectivity index (χ0v) is 16.8. The van der Waals surface area contributed by atoms with E-state index in [0.717, 1.165) is 50.1 Å². The Kier molecular flexibility index (Phi) is 5.40. The third-order valence-electron chi connectivity index (χ3n) is 5.70. The van der Waals surface area contributed by atoms with Crippen LogP contribution in [0.2, 0.25) is 0 Å². The number of carbonyl (C=O) groups is 1. The first-order valence-corrected chi connectivity index (χ1v) is 10.3. The van der Waals surface area contributed by atoms with Gasteiger partial charge in [-0.05, 0) is 37.5 Å². The van der Waals surface area contributed by atoms with Crippen LogP contribution >= 0.6 is 0 Å². The minimum atomic E-state index is -0.293. The van der Waals surface area contributed by atoms with E-state index in [-0.39, 0.29) is 17.6 Å². The van der Waals surface area contributed by atoms with Crippen molar-refractivity contribution in [3.63, 3.8) is 0 Å². The highest BCUT2D eigenvalue weighted by Gasteiger charge is 2.45. The van der Waals surface area contributed by atoms with Crippen LogP contribution < -0.4 is 4.74 Å². The predicted octanol–water partition coefficient (Wildman–Crippen LogP) is 3.22. The van der Waals surface area contributed by atoms with Gasteiger partial charge in [-0.2, -0.15) is 5.10 Å². The molecule has 0 N–H and O–H groups in total. The lowest BCUT2D eigenvalue weighted by Crippen LogP contribution is -2.50. The number of aromatic nitrogens is 2. The van der Waals surface area contributed by atoms with Crippen molar-refractivity contribution >= 4 is 5.91 Å². The Hall–Kier alpha value is -2.34. The van der Waals surface area contributed by atoms with Crippen LogP contribution in [-0.2, 0) is 18.2 Å². The summed E-state index contributed by atoms with van der Waals surface area (Å²) in [6.45, 7) is 4.08. The molecule has 0 bridgehead atoms. The molecule has 1 amide bonds. The Morgan fingerprint density at radius 1 is 1.36 bits per heavy atom. The fraction of sp³-hybridized carbons (Fsp3) is 0.545. The van der Waals surface area contributed by atoms with Crippen molar-refractivity contribution in [2.75, 3.05) is 19.7 Å². The van der Waals surface area contributed by atoms with Gasteiger partial charge < -0.3 is 14.4 Å². The molecule has 6 heteroatoms. The van der Waals surface area contributed by atoms with Crippen molar-refractivity contribution in [1.29, 1.82) is 0 Å². The molecule has 150 valence electrons. The number of piperidine rings is 1. The first kappa shape index (κ1) is 19.0. The monoisotopic (exact) mass is 383 g/mol. The lowest BCUT2D eigenvalue weighted by molar-refractivity contribution is -0.0455. The van der Waals surface area contributed by atoms with Gasteiger partial charge in [-0.25, -0.2) is 0 Å². The van der Waals surface area contributed by atoms with Crippen LogP contribution in [0.15, 0.2) is 36.4 Å². The molecule has 1 spiro atoms. The summed E-state index contributed by atoms with van der Waals surface area (Å²) in [6, 6.07) is 11.8. The number of carbonyl (C=O) groups excluding carboxylic acids is 1. The summed E-state index contributed by atoms with van der Waals surface area (Å²) in [5, 5.41) is 4.48. The van der Waals surface area contributed by atoms with Crippen LogP contribution in [0.5, 0.6) is 5.75 Å². The molecule has 0 radical (unpaired) electrons. The summed E-state index contributed by atoms with van der Waals surface area (Å²) in [4.78, 5) is 15.1. The normalized spacial score (nSPS) is 24.6. The second-order valence-electron chi connectivity index (χ2n) is 7.98. The van der Waals surface area contributed by atoms with Gasteiger partial charge in [0.15, 0.2) is 0 Å². The molecule has 2 aliphatic rings. The number of aryl methyl sites for hydroxylation is 2. The highest BCUT2D eigenvalue weighted by Crippen LogP contribution is 2.36. The average molecular weight is 383 g/mol. The largest absolute Gasteiger partial charge is 0.488 e. The summed E-state index contributed by atoms with van der Waals surface area (Å²) in [5.41, 5.74) is 1.35. The van der Waals surface area contributed by atoms with Crippen LogP contribution in [0.3, 0.4) is 0 Å². The molecule has 0 saturated carbocycles. The Bertz CT molecular complexity index is 820. The van der Waals surface area contributed by atoms with E-state index in [9.17, 15) is 4.79 Å². The van der Waals surface area contributed by atoms with E-state index in [0.29, 0.717) is 18.8 Å². The smallest absolute Gasteiger partial charge is 0.272 e. The molecular weight excluding hydrogens is 354 g/mol. The minimum Gasteiger partial charge on any atom is -0.488 e. The molecule has 2 saturated heterocycles. The molecular formula is C22H29N3O3. The number of amides is 1. The topological polar surface area (TPSA) is 56.6 Å². The summed E-state index contributed by atoms with van der Waals surface area (Å²) >= 11 is 0. The zero-order valence-electron chi connectivity index (χ0n) is 16.8. The summed E-state index contributed by atoms with van der Waals surface area (Å²) in [6.07, 6.45) is 4.69. The maximum Gasteiger partial charge on any atom is 0.272 e. The van der Waals surface area contributed by atoms with E-state index in [1.807, 2.05) is 48.3 Å². The first-order chi connectivity index (χ1) is 13.6. The number of hydrogen-bond donors (Lipinski definition) is 0. The van der Waals surface area contributed by atoms with E-state index in [2.05, 4.69) is 12.0 Å². The molecule has 2 aliphatic heterocycles. The lowest BCUT2D eigenvalue weighted by atomic mass is 9.89. The SMILES string of the molecule is CCCc1cc(C(=O)N2CCC[C@@]3(C[C@@H](Oc4ccccc4)CO3)C2)n(C)n1. The quantitative estimate of drug-likeness (QED) is 0.796. The first-order valence-electron chi connectivity index (χ1n) is 10.3. The highest BCUT2D eigenvalue weighted by molar-refractivity contribution is 5.92. The number of likely N-dealkylation sites (tertiary alicyclic amines) is 1. The molecule has 0 unspecified atom stereocenters. The van der Waals surface area contributed by atoms with Gasteiger partial charge in [0.2, 0.25) is 0 Å². The van der Waals surface area contributed by atoms with Crippen molar-refractivity contribution in [1.82, 2.24) is 14.7 Å². The van der Waals surface area contributed by atoms with Crippen molar-refractivity contribution in [2.24, 2.45) is 7.05 Å². The predicted molar refractivity (Wildman–Crippen MR) is 106 cm³/mol. The van der Waals surface area contributed by atoms with Crippen molar-refractivity contribution in [3.8, 4) is 5.75 Å². The molecule has 1 aromatic carbocycles. The lowest BCUT2D eigenvalue weighted by Gasteiger charge is -2.39. The number of nitrogens with zero attached hydrogens (tertiary/aromatic N) is 3. The minimum absolute atomic E-state index is 0.0327. The number of para-hydroxylation sites is 1. The maximum absolute atomic E-state index is 13.1. The highest BCUT2D eigenvalue weighted by atomic mass is 16.6. The number of rotatable bonds is 5. The van der Waals surface area contributed by atoms with E-state index in [1.54, 1.807) is 4.68 Å². The van der Waals surface area contributed by atoms with Crippen LogP contribution in [0, 0.1) is 0 Å². The van der Waals surface area contributed by atoms with Gasteiger partial charge >= 0.3 is 0 Å². The number of hydrogen-bond acceptors (Lipinski definition) is 4. The van der Waals surface area contributed by atoms with Gasteiger partial charge in [0.25, 0.3) is 5.91 Å². The molecule has 2 fully saturated rings. The van der Waals surface area contributed by atoms with Gasteiger partial charge in [0.1, 0.15) is 17.5 Å². The van der Waals surface area contributed by atoms with Gasteiger partial charge in [-0.15, -0.1) is 0 Å². The second kappa shape index (κ2) is 7.95. The van der Waals surface area contributed by atoms with Crippen molar-refractivity contribution in [2.45, 2.75) is 50.7 Å². The fourth-order valence-corrected chi connectivity index (χ4v) is 4.39. The Morgan fingerprint density at radius 3 is 2.96 bits per heavy atom. The molecule has 3 heterocycles. The van der Waals surface area contributed by atoms with Crippen molar-refractivity contribution < 1.29 is 14.3 Å². The number of ether oxygens (including phenoxy) is 2. The second-order valence-corrected chi connectivity index (χ2v) is 7.98. The maximum atomic E-state index is 13.1. The fourth-order valence-electron chi connectivity index (χ4n) is 4.39. The van der Waals surface area contributed by atoms with Gasteiger partial charge in [0.05, 0.1) is 24.4 Å². The average Bonchev–Trinajstić information content (AvgIpc) is 3.25. The van der Waals surface area contributed by atoms with Crippen LogP contribution in [-0.4, -0.2) is 52.0 Å². The zero-order chi connectivity index (χ0) is 19.6. The Balaban J connectivity index is 1.42. The molecule has 2 atom stereocenters. The summed E-state index contributed by atoms with van der Waals surface area (Å²) in [7, 11) is 1.85. The Labute approximate surface area is 166 Å². The van der Waals surface area contributed by atoms with Crippen LogP contribution in [0.25, 0.3) is 0 Å². The molecule has 0 aliphatic carbocycles. The van der Waals surface area contributed by atoms with E-state index >= 15 is 0 Å². The van der Waals surface area contributed by atoms with Gasteiger partial charge in [-0.1, -0.05) is 31.5 Å². The Morgan fingerprint density at radius 2 is 2.18 bits per heavy atom. The molecule has 28 heavy (non-hydrogen) atoms. The summed E-state index contributed by atoms with van der Waals surface area (Å²) < 4.78 is 14.0.